The number of carbonyl (C=O) groups is 2. The van der Waals surface area contributed by atoms with Crippen molar-refractivity contribution in [2.45, 2.75) is 70.1 Å². The van der Waals surface area contributed by atoms with Crippen molar-refractivity contribution in [2.24, 2.45) is 11.1 Å². The first-order valence-corrected chi connectivity index (χ1v) is 13.9. The van der Waals surface area contributed by atoms with Crippen LogP contribution in [0.5, 0.6) is 5.75 Å². The van der Waals surface area contributed by atoms with Gasteiger partial charge >= 0.3 is 5.97 Å². The number of fused-ring (bicyclic) bond motifs is 2. The van der Waals surface area contributed by atoms with Gasteiger partial charge in [-0.25, -0.2) is 9.61 Å². The largest absolute Gasteiger partial charge is 0.488 e. The SMILES string of the molecule is C[C@H](N)C(=O)OC(C)(C)COc1ccc2c(C(=O)N[C@H]3CC4(C3)C[C@H](c3n[nH]c(=O)c5ccccc53)C4)cnn2c1. The molecule has 1 atom stereocenters. The van der Waals surface area contributed by atoms with E-state index in [-0.39, 0.29) is 29.5 Å². The number of nitrogens with two attached hydrogens (primary N) is 1. The van der Waals surface area contributed by atoms with Gasteiger partial charge < -0.3 is 20.5 Å². The van der Waals surface area contributed by atoms with Gasteiger partial charge in [0.15, 0.2) is 0 Å². The lowest BCUT2D eigenvalue weighted by molar-refractivity contribution is -0.160. The van der Waals surface area contributed by atoms with Gasteiger partial charge in [-0.2, -0.15) is 10.2 Å². The number of rotatable bonds is 8. The van der Waals surface area contributed by atoms with Crippen molar-refractivity contribution in [3.63, 3.8) is 0 Å². The number of hydrogen-bond donors (Lipinski definition) is 3. The van der Waals surface area contributed by atoms with Crippen LogP contribution in [-0.2, 0) is 9.53 Å². The molecule has 4 aromatic rings. The van der Waals surface area contributed by atoms with E-state index in [1.807, 2.05) is 24.3 Å². The molecule has 0 bridgehead atoms. The molecule has 41 heavy (non-hydrogen) atoms. The van der Waals surface area contributed by atoms with E-state index < -0.39 is 17.6 Å². The summed E-state index contributed by atoms with van der Waals surface area (Å²) < 4.78 is 12.8. The van der Waals surface area contributed by atoms with Crippen molar-refractivity contribution in [1.29, 1.82) is 0 Å². The summed E-state index contributed by atoms with van der Waals surface area (Å²) in [6.45, 7) is 5.20. The highest BCUT2D eigenvalue weighted by molar-refractivity contribution is 6.00. The predicted molar refractivity (Wildman–Crippen MR) is 152 cm³/mol. The molecule has 11 nitrogen and oxygen atoms in total. The molecule has 1 amide bonds. The predicted octanol–water partition coefficient (Wildman–Crippen LogP) is 3.07. The van der Waals surface area contributed by atoms with Gasteiger partial charge in [0.25, 0.3) is 11.5 Å². The zero-order valence-electron chi connectivity index (χ0n) is 23.3. The van der Waals surface area contributed by atoms with E-state index in [0.717, 1.165) is 36.8 Å². The lowest BCUT2D eigenvalue weighted by Crippen LogP contribution is -2.55. The molecule has 4 N–H and O–H groups in total. The summed E-state index contributed by atoms with van der Waals surface area (Å²) in [6, 6.07) is 10.6. The maximum Gasteiger partial charge on any atom is 0.323 e. The second-order valence-electron chi connectivity index (χ2n) is 12.2. The molecule has 3 aromatic heterocycles. The Morgan fingerprint density at radius 3 is 2.63 bits per heavy atom. The first-order chi connectivity index (χ1) is 19.5. The number of amides is 1. The number of pyridine rings is 1. The van der Waals surface area contributed by atoms with E-state index in [1.165, 1.54) is 0 Å². The smallest absolute Gasteiger partial charge is 0.323 e. The van der Waals surface area contributed by atoms with E-state index in [0.29, 0.717) is 28.1 Å². The van der Waals surface area contributed by atoms with E-state index >= 15 is 0 Å². The summed E-state index contributed by atoms with van der Waals surface area (Å²) in [7, 11) is 0. The highest BCUT2D eigenvalue weighted by atomic mass is 16.6. The Hall–Kier alpha value is -4.25. The van der Waals surface area contributed by atoms with Crippen molar-refractivity contribution in [2.75, 3.05) is 6.61 Å². The number of aromatic amines is 1. The summed E-state index contributed by atoms with van der Waals surface area (Å²) in [5.41, 5.74) is 6.91. The number of aromatic nitrogens is 4. The molecule has 0 aliphatic heterocycles. The van der Waals surface area contributed by atoms with Gasteiger partial charge in [-0.15, -0.1) is 0 Å². The number of H-pyrrole nitrogens is 1. The lowest BCUT2D eigenvalue weighted by atomic mass is 9.49. The van der Waals surface area contributed by atoms with Gasteiger partial charge in [0.1, 0.15) is 24.0 Å². The molecule has 6 rings (SSSR count). The summed E-state index contributed by atoms with van der Waals surface area (Å²) in [5.74, 6) is 0.196. The maximum absolute atomic E-state index is 13.1. The first-order valence-electron chi connectivity index (χ1n) is 13.9. The third-order valence-electron chi connectivity index (χ3n) is 8.23. The van der Waals surface area contributed by atoms with E-state index in [9.17, 15) is 14.4 Å². The Morgan fingerprint density at radius 2 is 1.90 bits per heavy atom. The first kappa shape index (κ1) is 26.9. The maximum atomic E-state index is 13.1. The Morgan fingerprint density at radius 1 is 1.17 bits per heavy atom. The molecular formula is C30H34N6O5. The van der Waals surface area contributed by atoms with Gasteiger partial charge in [0.05, 0.1) is 34.6 Å². The fraction of sp³-hybridized carbons (Fsp3) is 0.433. The third kappa shape index (κ3) is 5.17. The molecule has 1 spiro atoms. The molecule has 214 valence electrons. The molecule has 2 saturated carbocycles. The fourth-order valence-electron chi connectivity index (χ4n) is 6.19. The zero-order valence-corrected chi connectivity index (χ0v) is 23.3. The van der Waals surface area contributed by atoms with Gasteiger partial charge in [-0.1, -0.05) is 18.2 Å². The van der Waals surface area contributed by atoms with Crippen LogP contribution in [0.25, 0.3) is 16.3 Å². The van der Waals surface area contributed by atoms with Crippen LogP contribution in [0.4, 0.5) is 0 Å². The van der Waals surface area contributed by atoms with Gasteiger partial charge in [0, 0.05) is 17.3 Å². The minimum Gasteiger partial charge on any atom is -0.488 e. The normalized spacial score (nSPS) is 22.6. The van der Waals surface area contributed by atoms with Crippen LogP contribution in [-0.4, -0.2) is 56.0 Å². The standard InChI is InChI=1S/C30H34N6O5/c1-17(31)28(39)41-29(2,3)16-40-20-8-9-24-23(14-32-36(24)15-20)26(37)33-19-12-30(13-19)10-18(11-30)25-21-6-4-5-7-22(21)27(38)35-34-25/h4-9,14-15,17-19H,10-13,16,31H2,1-3H3,(H,33,37)(H,35,38)/t17-,18-,19-,30?/m0/s1. The van der Waals surface area contributed by atoms with Crippen LogP contribution >= 0.6 is 0 Å². The molecule has 1 aromatic carbocycles. The third-order valence-corrected chi connectivity index (χ3v) is 8.23. The number of ether oxygens (including phenoxy) is 2. The van der Waals surface area contributed by atoms with Gasteiger partial charge in [0.2, 0.25) is 0 Å². The monoisotopic (exact) mass is 558 g/mol. The Bertz CT molecular complexity index is 1690. The van der Waals surface area contributed by atoms with Gasteiger partial charge in [-0.3, -0.25) is 14.4 Å². The van der Waals surface area contributed by atoms with Crippen molar-refractivity contribution in [1.82, 2.24) is 25.1 Å². The van der Waals surface area contributed by atoms with Crippen molar-refractivity contribution < 1.29 is 19.1 Å². The van der Waals surface area contributed by atoms with Crippen molar-refractivity contribution in [3.8, 4) is 5.75 Å². The van der Waals surface area contributed by atoms with Crippen molar-refractivity contribution in [3.05, 3.63) is 70.4 Å². The van der Waals surface area contributed by atoms with E-state index in [1.54, 1.807) is 49.8 Å². The van der Waals surface area contributed by atoms with Crippen LogP contribution in [0.3, 0.4) is 0 Å². The van der Waals surface area contributed by atoms with Crippen LogP contribution < -0.4 is 21.3 Å². The summed E-state index contributed by atoms with van der Waals surface area (Å²) in [4.78, 5) is 37.1. The molecular weight excluding hydrogens is 524 g/mol. The molecule has 0 unspecified atom stereocenters. The van der Waals surface area contributed by atoms with Crippen LogP contribution in [0.15, 0.2) is 53.6 Å². The number of benzene rings is 1. The number of esters is 1. The van der Waals surface area contributed by atoms with Crippen LogP contribution in [0, 0.1) is 5.41 Å². The zero-order chi connectivity index (χ0) is 28.9. The molecule has 0 saturated heterocycles. The number of nitrogens with zero attached hydrogens (tertiary/aromatic N) is 3. The summed E-state index contributed by atoms with van der Waals surface area (Å²) >= 11 is 0. The average molecular weight is 559 g/mol. The molecule has 2 fully saturated rings. The van der Waals surface area contributed by atoms with Crippen molar-refractivity contribution >= 4 is 28.2 Å². The topological polar surface area (TPSA) is 154 Å². The second kappa shape index (κ2) is 9.99. The average Bonchev–Trinajstić information content (AvgIpc) is 3.32. The number of hydrogen-bond acceptors (Lipinski definition) is 8. The summed E-state index contributed by atoms with van der Waals surface area (Å²) in [6.07, 6.45) is 7.11. The van der Waals surface area contributed by atoms with Gasteiger partial charge in [-0.05, 0) is 70.1 Å². The lowest BCUT2D eigenvalue weighted by Gasteiger charge is -2.57. The highest BCUT2D eigenvalue weighted by Gasteiger charge is 2.54. The van der Waals surface area contributed by atoms with E-state index in [2.05, 4.69) is 20.6 Å². The van der Waals surface area contributed by atoms with Crippen LogP contribution in [0.1, 0.15) is 68.4 Å². The summed E-state index contributed by atoms with van der Waals surface area (Å²) in [5, 5.41) is 16.1. The Kier molecular flexibility index (Phi) is 6.56. The molecule has 2 aliphatic carbocycles. The Balaban J connectivity index is 1.03. The fourth-order valence-corrected chi connectivity index (χ4v) is 6.19. The Labute approximate surface area is 236 Å². The molecule has 11 heteroatoms. The quantitative estimate of drug-likeness (QED) is 0.279. The minimum absolute atomic E-state index is 0.113. The highest BCUT2D eigenvalue weighted by Crippen LogP contribution is 2.62. The molecule has 3 heterocycles. The minimum atomic E-state index is -0.861. The molecule has 0 radical (unpaired) electrons. The second-order valence-corrected chi connectivity index (χ2v) is 12.2. The number of carbonyl (C=O) groups excluding carboxylic acids is 2. The number of nitrogens with one attached hydrogen (secondary N) is 2. The van der Waals surface area contributed by atoms with Crippen LogP contribution in [0.2, 0.25) is 0 Å². The molecule has 2 aliphatic rings. The van der Waals surface area contributed by atoms with E-state index in [4.69, 9.17) is 15.2 Å².